The van der Waals surface area contributed by atoms with Crippen molar-refractivity contribution in [1.29, 1.82) is 0 Å². The average molecular weight is 313 g/mol. The van der Waals surface area contributed by atoms with Gasteiger partial charge in [0.2, 0.25) is 0 Å². The smallest absolute Gasteiger partial charge is 0.0166 e. The molecule has 0 bridgehead atoms. The van der Waals surface area contributed by atoms with Crippen LogP contribution < -0.4 is 0 Å². The Balaban J connectivity index is 3.65. The van der Waals surface area contributed by atoms with E-state index in [0.717, 1.165) is 32.1 Å². The van der Waals surface area contributed by atoms with Gasteiger partial charge in [-0.25, -0.2) is 0 Å². The molecule has 23 heavy (non-hydrogen) atoms. The third-order valence-corrected chi connectivity index (χ3v) is 3.37. The highest BCUT2D eigenvalue weighted by molar-refractivity contribution is 5.07. The van der Waals surface area contributed by atoms with Crippen LogP contribution in [0.2, 0.25) is 0 Å². The van der Waals surface area contributed by atoms with Gasteiger partial charge in [-0.3, -0.25) is 0 Å². The average Bonchev–Trinajstić information content (AvgIpc) is 2.55. The number of allylic oxidation sites excluding steroid dienone is 12. The third-order valence-electron chi connectivity index (χ3n) is 3.37. The molecule has 0 aromatic heterocycles. The van der Waals surface area contributed by atoms with Crippen molar-refractivity contribution in [2.75, 3.05) is 0 Å². The van der Waals surface area contributed by atoms with Crippen LogP contribution in [-0.4, -0.2) is 0 Å². The molecule has 0 amide bonds. The molecule has 0 aliphatic carbocycles. The number of rotatable bonds is 13. The van der Waals surface area contributed by atoms with Crippen molar-refractivity contribution in [3.63, 3.8) is 0 Å². The lowest BCUT2D eigenvalue weighted by atomic mass is 10.1. The van der Waals surface area contributed by atoms with Crippen LogP contribution in [0.5, 0.6) is 0 Å². The molecule has 0 fully saturated rings. The second-order valence-electron chi connectivity index (χ2n) is 5.82. The zero-order valence-electron chi connectivity index (χ0n) is 15.5. The zero-order valence-corrected chi connectivity index (χ0v) is 15.5. The molecule has 0 spiro atoms. The molecular formula is C23H36. The third kappa shape index (κ3) is 18.4. The monoisotopic (exact) mass is 312 g/mol. The lowest BCUT2D eigenvalue weighted by Crippen LogP contribution is -1.84. The van der Waals surface area contributed by atoms with E-state index in [1.807, 2.05) is 0 Å². The van der Waals surface area contributed by atoms with Gasteiger partial charge in [0.25, 0.3) is 0 Å². The molecule has 0 rings (SSSR count). The van der Waals surface area contributed by atoms with Crippen LogP contribution in [0.15, 0.2) is 72.9 Å². The van der Waals surface area contributed by atoms with E-state index in [0.29, 0.717) is 5.92 Å². The summed E-state index contributed by atoms with van der Waals surface area (Å²) in [5, 5.41) is 0. The molecule has 0 unspecified atom stereocenters. The summed E-state index contributed by atoms with van der Waals surface area (Å²) in [5.41, 5.74) is 0. The summed E-state index contributed by atoms with van der Waals surface area (Å²) in [4.78, 5) is 0. The normalized spacial score (nSPS) is 14.7. The fraction of sp³-hybridized carbons (Fsp3) is 0.478. The van der Waals surface area contributed by atoms with E-state index in [9.17, 15) is 0 Å². The van der Waals surface area contributed by atoms with Gasteiger partial charge >= 0.3 is 0 Å². The summed E-state index contributed by atoms with van der Waals surface area (Å²) in [6.45, 7) is 6.64. The summed E-state index contributed by atoms with van der Waals surface area (Å²) in [5.74, 6) is 0.620. The van der Waals surface area contributed by atoms with Gasteiger partial charge in [-0.05, 0) is 44.4 Å². The quantitative estimate of drug-likeness (QED) is 0.241. The van der Waals surface area contributed by atoms with Crippen molar-refractivity contribution in [1.82, 2.24) is 0 Å². The Morgan fingerprint density at radius 2 is 1.26 bits per heavy atom. The Morgan fingerprint density at radius 1 is 0.652 bits per heavy atom. The minimum atomic E-state index is 0.620. The van der Waals surface area contributed by atoms with E-state index in [-0.39, 0.29) is 0 Å². The van der Waals surface area contributed by atoms with Crippen LogP contribution in [-0.2, 0) is 0 Å². The summed E-state index contributed by atoms with van der Waals surface area (Å²) in [6.07, 6.45) is 34.6. The molecular weight excluding hydrogens is 276 g/mol. The van der Waals surface area contributed by atoms with Gasteiger partial charge in [-0.15, -0.1) is 0 Å². The zero-order chi connectivity index (χ0) is 17.0. The lowest BCUT2D eigenvalue weighted by Gasteiger charge is -1.99. The maximum atomic E-state index is 2.27. The van der Waals surface area contributed by atoms with Gasteiger partial charge in [0.1, 0.15) is 0 Å². The van der Waals surface area contributed by atoms with Gasteiger partial charge in [0.15, 0.2) is 0 Å². The largest absolute Gasteiger partial charge is 0.0888 e. The topological polar surface area (TPSA) is 0 Å². The van der Waals surface area contributed by atoms with E-state index < -0.39 is 0 Å². The van der Waals surface area contributed by atoms with Crippen LogP contribution in [0.25, 0.3) is 0 Å². The molecule has 0 radical (unpaired) electrons. The summed E-state index contributed by atoms with van der Waals surface area (Å²) >= 11 is 0. The Hall–Kier alpha value is -1.56. The van der Waals surface area contributed by atoms with Crippen molar-refractivity contribution < 1.29 is 0 Å². The minimum Gasteiger partial charge on any atom is -0.0888 e. The first-order valence-corrected chi connectivity index (χ1v) is 9.24. The molecule has 0 N–H and O–H groups in total. The first-order chi connectivity index (χ1) is 11.3. The number of hydrogen-bond donors (Lipinski definition) is 0. The molecule has 1 atom stereocenters. The van der Waals surface area contributed by atoms with Gasteiger partial charge in [-0.2, -0.15) is 0 Å². The minimum absolute atomic E-state index is 0.620. The Labute approximate surface area is 145 Å². The maximum absolute atomic E-state index is 2.27. The molecule has 0 aromatic carbocycles. The highest BCUT2D eigenvalue weighted by atomic mass is 14.0. The van der Waals surface area contributed by atoms with Crippen LogP contribution in [0.3, 0.4) is 0 Å². The van der Waals surface area contributed by atoms with Crippen LogP contribution in [0, 0.1) is 5.92 Å². The molecule has 0 aromatic rings. The van der Waals surface area contributed by atoms with Gasteiger partial charge < -0.3 is 0 Å². The van der Waals surface area contributed by atoms with Crippen LogP contribution >= 0.6 is 0 Å². The van der Waals surface area contributed by atoms with E-state index in [2.05, 4.69) is 93.7 Å². The fourth-order valence-electron chi connectivity index (χ4n) is 1.97. The molecule has 0 nitrogen and oxygen atoms in total. The Kier molecular flexibility index (Phi) is 17.2. The summed E-state index contributed by atoms with van der Waals surface area (Å²) in [7, 11) is 0. The van der Waals surface area contributed by atoms with Crippen LogP contribution in [0.1, 0.15) is 65.7 Å². The van der Waals surface area contributed by atoms with Crippen molar-refractivity contribution in [2.45, 2.75) is 65.7 Å². The van der Waals surface area contributed by atoms with Crippen molar-refractivity contribution in [3.8, 4) is 0 Å². The van der Waals surface area contributed by atoms with E-state index in [1.54, 1.807) is 0 Å². The Bertz CT molecular complexity index is 402. The van der Waals surface area contributed by atoms with Crippen molar-refractivity contribution in [2.24, 2.45) is 5.92 Å². The summed E-state index contributed by atoms with van der Waals surface area (Å²) < 4.78 is 0. The molecule has 0 aliphatic rings. The van der Waals surface area contributed by atoms with Gasteiger partial charge in [0, 0.05) is 0 Å². The fourth-order valence-corrected chi connectivity index (χ4v) is 1.97. The standard InChI is InChI=1S/C23H36/c1-4-6-8-9-10-11-12-13-14-15-16-17-18-20-22-23(3)21-19-7-5-2/h7-9,11-12,14-15,17-20,22-23H,4-6,10,13,16,21H2,1-3H3/b9-8-,12-11-,15-14-,18-17-,19-7-,22-20+/t23-/m0/s1. The predicted octanol–water partition coefficient (Wildman–Crippen LogP) is 7.73. The molecule has 0 heterocycles. The molecule has 0 aliphatic heterocycles. The SMILES string of the molecule is CC/C=C\C[C@H](C)/C=C/C=C\C/C=C\C/C=C\C/C=C\CCC. The number of unbranched alkanes of at least 4 members (excludes halogenated alkanes) is 1. The molecule has 0 saturated carbocycles. The lowest BCUT2D eigenvalue weighted by molar-refractivity contribution is 0.742. The highest BCUT2D eigenvalue weighted by Crippen LogP contribution is 2.05. The summed E-state index contributed by atoms with van der Waals surface area (Å²) in [6, 6.07) is 0. The molecule has 0 heteroatoms. The molecule has 0 saturated heterocycles. The maximum Gasteiger partial charge on any atom is -0.0166 e. The Morgan fingerprint density at radius 3 is 1.87 bits per heavy atom. The second kappa shape index (κ2) is 18.5. The van der Waals surface area contributed by atoms with E-state index >= 15 is 0 Å². The number of hydrogen-bond acceptors (Lipinski definition) is 0. The van der Waals surface area contributed by atoms with E-state index in [1.165, 1.54) is 12.8 Å². The second-order valence-corrected chi connectivity index (χ2v) is 5.82. The van der Waals surface area contributed by atoms with Crippen LogP contribution in [0.4, 0.5) is 0 Å². The van der Waals surface area contributed by atoms with E-state index in [4.69, 9.17) is 0 Å². The highest BCUT2D eigenvalue weighted by Gasteiger charge is 1.90. The first-order valence-electron chi connectivity index (χ1n) is 9.24. The van der Waals surface area contributed by atoms with Crippen molar-refractivity contribution in [3.05, 3.63) is 72.9 Å². The van der Waals surface area contributed by atoms with Gasteiger partial charge in [0.05, 0.1) is 0 Å². The predicted molar refractivity (Wildman–Crippen MR) is 108 cm³/mol. The molecule has 128 valence electrons. The first kappa shape index (κ1) is 21.4. The van der Waals surface area contributed by atoms with Crippen molar-refractivity contribution >= 4 is 0 Å². The van der Waals surface area contributed by atoms with Gasteiger partial charge in [-0.1, -0.05) is 100 Å².